The summed E-state index contributed by atoms with van der Waals surface area (Å²) in [5, 5.41) is 9.52. The number of carbonyl (C=O) groups is 3. The van der Waals surface area contributed by atoms with E-state index in [0.29, 0.717) is 4.90 Å². The number of ether oxygens (including phenoxy) is 1. The van der Waals surface area contributed by atoms with E-state index in [9.17, 15) is 19.5 Å². The van der Waals surface area contributed by atoms with Crippen molar-refractivity contribution in [2.24, 2.45) is 0 Å². The number of aliphatic hydroxyl groups excluding tert-OH is 1. The monoisotopic (exact) mass is 275 g/mol. The molecular formula is C14H13NO5. The molecule has 0 unspecified atom stereocenters. The number of imide groups is 1. The SMILES string of the molecule is CC(=O)C1=C(O)CN(C(=O)OCc2ccccc2)C1=O. The van der Waals surface area contributed by atoms with Crippen molar-refractivity contribution in [3.8, 4) is 0 Å². The summed E-state index contributed by atoms with van der Waals surface area (Å²) in [4.78, 5) is 35.5. The molecule has 2 amide bonds. The minimum absolute atomic E-state index is 0.0135. The molecule has 0 aliphatic carbocycles. The Bertz CT molecular complexity index is 591. The lowest BCUT2D eigenvalue weighted by Crippen LogP contribution is -2.35. The van der Waals surface area contributed by atoms with E-state index in [0.717, 1.165) is 12.5 Å². The van der Waals surface area contributed by atoms with Crippen LogP contribution in [0.25, 0.3) is 0 Å². The summed E-state index contributed by atoms with van der Waals surface area (Å²) in [6.07, 6.45) is -0.887. The maximum Gasteiger partial charge on any atom is 0.417 e. The Morgan fingerprint density at radius 2 is 1.95 bits per heavy atom. The summed E-state index contributed by atoms with van der Waals surface area (Å²) in [6.45, 7) is 0.837. The Morgan fingerprint density at radius 3 is 2.50 bits per heavy atom. The molecule has 2 rings (SSSR count). The maximum absolute atomic E-state index is 11.8. The first-order chi connectivity index (χ1) is 9.50. The van der Waals surface area contributed by atoms with Crippen molar-refractivity contribution in [3.05, 3.63) is 47.2 Å². The Hall–Kier alpha value is -2.63. The number of hydrogen-bond donors (Lipinski definition) is 1. The molecule has 0 saturated heterocycles. The predicted octanol–water partition coefficient (Wildman–Crippen LogP) is 1.57. The lowest BCUT2D eigenvalue weighted by Gasteiger charge is -2.14. The molecule has 0 atom stereocenters. The lowest BCUT2D eigenvalue weighted by molar-refractivity contribution is -0.126. The van der Waals surface area contributed by atoms with E-state index >= 15 is 0 Å². The third kappa shape index (κ3) is 2.69. The van der Waals surface area contributed by atoms with Gasteiger partial charge in [0, 0.05) is 0 Å². The average Bonchev–Trinajstić information content (AvgIpc) is 2.72. The molecule has 0 aromatic heterocycles. The van der Waals surface area contributed by atoms with Crippen molar-refractivity contribution in [2.45, 2.75) is 13.5 Å². The third-order valence-electron chi connectivity index (χ3n) is 2.83. The Kier molecular flexibility index (Phi) is 3.84. The number of aliphatic hydroxyl groups is 1. The van der Waals surface area contributed by atoms with Crippen LogP contribution in [0.15, 0.2) is 41.7 Å². The summed E-state index contributed by atoms with van der Waals surface area (Å²) in [5.41, 5.74) is 0.415. The van der Waals surface area contributed by atoms with Crippen molar-refractivity contribution in [1.82, 2.24) is 4.90 Å². The normalized spacial score (nSPS) is 14.7. The van der Waals surface area contributed by atoms with Gasteiger partial charge in [-0.25, -0.2) is 9.69 Å². The molecule has 1 N–H and O–H groups in total. The number of rotatable bonds is 3. The van der Waals surface area contributed by atoms with Gasteiger partial charge in [-0.15, -0.1) is 0 Å². The molecule has 0 fully saturated rings. The highest BCUT2D eigenvalue weighted by molar-refractivity contribution is 6.23. The van der Waals surface area contributed by atoms with Crippen LogP contribution in [0.3, 0.4) is 0 Å². The Morgan fingerprint density at radius 1 is 1.30 bits per heavy atom. The number of hydrogen-bond acceptors (Lipinski definition) is 5. The van der Waals surface area contributed by atoms with E-state index < -0.39 is 23.5 Å². The van der Waals surface area contributed by atoms with Gasteiger partial charge in [-0.05, 0) is 12.5 Å². The molecule has 20 heavy (non-hydrogen) atoms. The van der Waals surface area contributed by atoms with Crippen LogP contribution in [0.5, 0.6) is 0 Å². The van der Waals surface area contributed by atoms with E-state index in [1.807, 2.05) is 6.07 Å². The average molecular weight is 275 g/mol. The van der Waals surface area contributed by atoms with E-state index in [1.54, 1.807) is 24.3 Å². The van der Waals surface area contributed by atoms with Crippen LogP contribution in [0, 0.1) is 0 Å². The zero-order chi connectivity index (χ0) is 14.7. The fourth-order valence-corrected chi connectivity index (χ4v) is 1.86. The molecule has 104 valence electrons. The van der Waals surface area contributed by atoms with E-state index in [2.05, 4.69) is 0 Å². The van der Waals surface area contributed by atoms with Crippen LogP contribution in [-0.2, 0) is 20.9 Å². The summed E-state index contributed by atoms with van der Waals surface area (Å²) in [6, 6.07) is 8.97. The van der Waals surface area contributed by atoms with Gasteiger partial charge >= 0.3 is 6.09 Å². The number of Topliss-reactive ketones (excluding diaryl/α,β-unsaturated/α-hetero) is 1. The van der Waals surface area contributed by atoms with Gasteiger partial charge in [0.15, 0.2) is 5.78 Å². The zero-order valence-corrected chi connectivity index (χ0v) is 10.8. The molecule has 1 aliphatic heterocycles. The number of benzene rings is 1. The van der Waals surface area contributed by atoms with Gasteiger partial charge in [-0.2, -0.15) is 0 Å². The van der Waals surface area contributed by atoms with Crippen molar-refractivity contribution >= 4 is 17.8 Å². The fourth-order valence-electron chi connectivity index (χ4n) is 1.86. The molecule has 6 heteroatoms. The molecule has 0 radical (unpaired) electrons. The second-order valence-electron chi connectivity index (χ2n) is 4.31. The van der Waals surface area contributed by atoms with E-state index in [-0.39, 0.29) is 18.7 Å². The van der Waals surface area contributed by atoms with Gasteiger partial charge in [0.05, 0.1) is 6.54 Å². The molecule has 0 bridgehead atoms. The highest BCUT2D eigenvalue weighted by atomic mass is 16.6. The van der Waals surface area contributed by atoms with E-state index in [1.165, 1.54) is 0 Å². The van der Waals surface area contributed by atoms with Crippen LogP contribution < -0.4 is 0 Å². The summed E-state index contributed by atoms with van der Waals surface area (Å²) in [5.74, 6) is -1.81. The van der Waals surface area contributed by atoms with Gasteiger partial charge in [0.2, 0.25) is 0 Å². The highest BCUT2D eigenvalue weighted by Crippen LogP contribution is 2.19. The lowest BCUT2D eigenvalue weighted by atomic mass is 10.2. The largest absolute Gasteiger partial charge is 0.509 e. The minimum atomic E-state index is -0.887. The first-order valence-corrected chi connectivity index (χ1v) is 5.96. The predicted molar refractivity (Wildman–Crippen MR) is 68.7 cm³/mol. The third-order valence-corrected chi connectivity index (χ3v) is 2.83. The molecule has 1 aromatic carbocycles. The molecule has 1 aromatic rings. The van der Waals surface area contributed by atoms with Gasteiger partial charge < -0.3 is 9.84 Å². The molecule has 0 spiro atoms. The van der Waals surface area contributed by atoms with Crippen LogP contribution >= 0.6 is 0 Å². The van der Waals surface area contributed by atoms with Crippen LogP contribution in [0.2, 0.25) is 0 Å². The number of carbonyl (C=O) groups excluding carboxylic acids is 3. The molecule has 0 saturated carbocycles. The number of amides is 2. The van der Waals surface area contributed by atoms with Gasteiger partial charge in [-0.1, -0.05) is 30.3 Å². The maximum atomic E-state index is 11.8. The number of nitrogens with zero attached hydrogens (tertiary/aromatic N) is 1. The zero-order valence-electron chi connectivity index (χ0n) is 10.8. The van der Waals surface area contributed by atoms with E-state index in [4.69, 9.17) is 4.74 Å². The van der Waals surface area contributed by atoms with Crippen molar-refractivity contribution < 1.29 is 24.2 Å². The fraction of sp³-hybridized carbons (Fsp3) is 0.214. The summed E-state index contributed by atoms with van der Waals surface area (Å²) in [7, 11) is 0. The molecule has 1 heterocycles. The second kappa shape index (κ2) is 5.56. The van der Waals surface area contributed by atoms with Crippen LogP contribution in [0.1, 0.15) is 12.5 Å². The molecular weight excluding hydrogens is 262 g/mol. The smallest absolute Gasteiger partial charge is 0.417 e. The van der Waals surface area contributed by atoms with Gasteiger partial charge in [0.1, 0.15) is 17.9 Å². The number of ketones is 1. The van der Waals surface area contributed by atoms with Crippen molar-refractivity contribution in [1.29, 1.82) is 0 Å². The first-order valence-electron chi connectivity index (χ1n) is 5.96. The Balaban J connectivity index is 1.99. The first kappa shape index (κ1) is 13.8. The van der Waals surface area contributed by atoms with Gasteiger partial charge in [0.25, 0.3) is 5.91 Å². The standard InChI is InChI=1S/C14H13NO5/c1-9(16)12-11(17)7-15(13(12)18)14(19)20-8-10-5-3-2-4-6-10/h2-6,17H,7-8H2,1H3. The topological polar surface area (TPSA) is 83.9 Å². The Labute approximate surface area is 115 Å². The van der Waals surface area contributed by atoms with Gasteiger partial charge in [-0.3, -0.25) is 9.59 Å². The van der Waals surface area contributed by atoms with Crippen molar-refractivity contribution in [2.75, 3.05) is 6.54 Å². The molecule has 6 nitrogen and oxygen atoms in total. The minimum Gasteiger partial charge on any atom is -0.509 e. The highest BCUT2D eigenvalue weighted by Gasteiger charge is 2.37. The quantitative estimate of drug-likeness (QED) is 0.846. The van der Waals surface area contributed by atoms with Crippen LogP contribution in [-0.4, -0.2) is 34.3 Å². The molecule has 1 aliphatic rings. The summed E-state index contributed by atoms with van der Waals surface area (Å²) < 4.78 is 4.98. The van der Waals surface area contributed by atoms with Crippen molar-refractivity contribution in [3.63, 3.8) is 0 Å². The summed E-state index contributed by atoms with van der Waals surface area (Å²) >= 11 is 0. The second-order valence-corrected chi connectivity index (χ2v) is 4.31. The van der Waals surface area contributed by atoms with Crippen LogP contribution in [0.4, 0.5) is 4.79 Å².